The number of aryl methyl sites for hydroxylation is 1. The smallest absolute Gasteiger partial charge is 0.347 e. The number of fused-ring (bicyclic) bond motifs is 1. The second kappa shape index (κ2) is 7.44. The van der Waals surface area contributed by atoms with Gasteiger partial charge in [-0.05, 0) is 50.1 Å². The Hall–Kier alpha value is -3.08. The summed E-state index contributed by atoms with van der Waals surface area (Å²) in [7, 11) is 0. The molecule has 1 atom stereocenters. The maximum absolute atomic E-state index is 12.5. The van der Waals surface area contributed by atoms with Crippen LogP contribution in [0.4, 0.5) is 0 Å². The first-order chi connectivity index (χ1) is 12.5. The third-order valence-electron chi connectivity index (χ3n) is 4.05. The lowest BCUT2D eigenvalue weighted by Gasteiger charge is -2.13. The minimum absolute atomic E-state index is 0.173. The van der Waals surface area contributed by atoms with E-state index in [1.54, 1.807) is 38.1 Å². The van der Waals surface area contributed by atoms with Gasteiger partial charge in [0.05, 0.1) is 12.2 Å². The van der Waals surface area contributed by atoms with Crippen LogP contribution in [0.3, 0.4) is 0 Å². The molecule has 0 saturated heterocycles. The van der Waals surface area contributed by atoms with Crippen molar-refractivity contribution in [1.29, 1.82) is 0 Å². The van der Waals surface area contributed by atoms with E-state index in [-0.39, 0.29) is 11.5 Å². The van der Waals surface area contributed by atoms with Crippen molar-refractivity contribution >= 4 is 17.8 Å². The second-order valence-corrected chi connectivity index (χ2v) is 5.97. The summed E-state index contributed by atoms with van der Waals surface area (Å²) in [5.41, 5.74) is 2.46. The highest BCUT2D eigenvalue weighted by atomic mass is 16.6. The van der Waals surface area contributed by atoms with E-state index in [1.807, 2.05) is 31.2 Å². The Morgan fingerprint density at radius 2 is 2.00 bits per heavy atom. The van der Waals surface area contributed by atoms with Gasteiger partial charge in [-0.1, -0.05) is 24.3 Å². The summed E-state index contributed by atoms with van der Waals surface area (Å²) in [5, 5.41) is 0. The predicted molar refractivity (Wildman–Crippen MR) is 97.3 cm³/mol. The molecule has 0 bridgehead atoms. The number of ether oxygens (including phenoxy) is 3. The minimum atomic E-state index is -0.743. The van der Waals surface area contributed by atoms with E-state index >= 15 is 0 Å². The van der Waals surface area contributed by atoms with Gasteiger partial charge in [-0.2, -0.15) is 0 Å². The first-order valence-corrected chi connectivity index (χ1v) is 8.46. The monoisotopic (exact) mass is 352 g/mol. The van der Waals surface area contributed by atoms with E-state index in [0.717, 1.165) is 11.1 Å². The van der Waals surface area contributed by atoms with Crippen molar-refractivity contribution in [2.45, 2.75) is 26.9 Å². The van der Waals surface area contributed by atoms with E-state index in [1.165, 1.54) is 0 Å². The highest BCUT2D eigenvalue weighted by molar-refractivity contribution is 6.14. The molecule has 3 rings (SSSR count). The zero-order valence-corrected chi connectivity index (χ0v) is 14.9. The fraction of sp³-hybridized carbons (Fsp3) is 0.238. The van der Waals surface area contributed by atoms with Crippen LogP contribution in [0.5, 0.6) is 11.5 Å². The number of hydrogen-bond acceptors (Lipinski definition) is 5. The fourth-order valence-electron chi connectivity index (χ4n) is 2.64. The number of hydrogen-bond donors (Lipinski definition) is 0. The van der Waals surface area contributed by atoms with Gasteiger partial charge in [0.2, 0.25) is 5.78 Å². The molecule has 2 aromatic rings. The van der Waals surface area contributed by atoms with Crippen LogP contribution in [0.25, 0.3) is 6.08 Å². The average Bonchev–Trinajstić information content (AvgIpc) is 2.92. The lowest BCUT2D eigenvalue weighted by Crippen LogP contribution is -2.26. The highest BCUT2D eigenvalue weighted by Crippen LogP contribution is 2.35. The zero-order chi connectivity index (χ0) is 18.7. The van der Waals surface area contributed by atoms with Crippen LogP contribution in [0.1, 0.15) is 35.3 Å². The van der Waals surface area contributed by atoms with Crippen molar-refractivity contribution in [2.24, 2.45) is 0 Å². The van der Waals surface area contributed by atoms with Gasteiger partial charge in [0.1, 0.15) is 11.5 Å². The summed E-state index contributed by atoms with van der Waals surface area (Å²) in [5.74, 6) is 0.515. The summed E-state index contributed by atoms with van der Waals surface area (Å²) < 4.78 is 16.2. The van der Waals surface area contributed by atoms with Crippen molar-refractivity contribution in [1.82, 2.24) is 0 Å². The molecule has 0 fully saturated rings. The molecule has 0 spiro atoms. The van der Waals surface area contributed by atoms with Gasteiger partial charge in [-0.15, -0.1) is 0 Å². The van der Waals surface area contributed by atoms with Gasteiger partial charge in [-0.3, -0.25) is 4.79 Å². The Labute approximate surface area is 152 Å². The van der Waals surface area contributed by atoms with Gasteiger partial charge in [0, 0.05) is 6.07 Å². The number of benzene rings is 2. The molecule has 26 heavy (non-hydrogen) atoms. The average molecular weight is 352 g/mol. The summed E-state index contributed by atoms with van der Waals surface area (Å²) in [6.45, 7) is 5.62. The molecule has 0 amide bonds. The van der Waals surface area contributed by atoms with Crippen molar-refractivity contribution in [2.75, 3.05) is 6.61 Å². The third kappa shape index (κ3) is 3.61. The van der Waals surface area contributed by atoms with E-state index in [0.29, 0.717) is 23.7 Å². The molecule has 5 nitrogen and oxygen atoms in total. The largest absolute Gasteiger partial charge is 0.479 e. The Balaban J connectivity index is 1.80. The van der Waals surface area contributed by atoms with E-state index in [4.69, 9.17) is 14.2 Å². The van der Waals surface area contributed by atoms with Gasteiger partial charge < -0.3 is 14.2 Å². The maximum atomic E-state index is 12.5. The normalized spacial score (nSPS) is 15.3. The third-order valence-corrected chi connectivity index (χ3v) is 4.05. The van der Waals surface area contributed by atoms with Gasteiger partial charge in [-0.25, -0.2) is 4.79 Å². The number of rotatable bonds is 5. The summed E-state index contributed by atoms with van der Waals surface area (Å²) in [4.78, 5) is 24.2. The molecule has 2 aromatic carbocycles. The molecule has 0 N–H and O–H groups in total. The second-order valence-electron chi connectivity index (χ2n) is 5.97. The zero-order valence-electron chi connectivity index (χ0n) is 14.9. The van der Waals surface area contributed by atoms with Gasteiger partial charge in [0.25, 0.3) is 0 Å². The van der Waals surface area contributed by atoms with Crippen LogP contribution >= 0.6 is 0 Å². The number of carbonyl (C=O) groups is 2. The topological polar surface area (TPSA) is 61.8 Å². The molecule has 0 aromatic heterocycles. The fourth-order valence-corrected chi connectivity index (χ4v) is 2.64. The number of ketones is 1. The lowest BCUT2D eigenvalue weighted by atomic mass is 10.1. The highest BCUT2D eigenvalue weighted by Gasteiger charge is 2.28. The Kier molecular flexibility index (Phi) is 5.07. The van der Waals surface area contributed by atoms with E-state index in [2.05, 4.69) is 0 Å². The van der Waals surface area contributed by atoms with Crippen LogP contribution in [0, 0.1) is 6.92 Å². The lowest BCUT2D eigenvalue weighted by molar-refractivity contribution is -0.150. The molecule has 1 aliphatic heterocycles. The molecule has 0 radical (unpaired) electrons. The maximum Gasteiger partial charge on any atom is 0.347 e. The number of allylic oxidation sites excluding steroid dienone is 1. The van der Waals surface area contributed by atoms with Crippen molar-refractivity contribution in [3.63, 3.8) is 0 Å². The molecule has 0 unspecified atom stereocenters. The summed E-state index contributed by atoms with van der Waals surface area (Å²) in [6.07, 6.45) is 0.992. The SMILES string of the molecule is CCOC(=O)[C@H](C)Oc1ccc2c(c1)O/C(=C\c1ccccc1C)C2=O. The van der Waals surface area contributed by atoms with Crippen LogP contribution < -0.4 is 9.47 Å². The summed E-state index contributed by atoms with van der Waals surface area (Å²) in [6, 6.07) is 12.7. The summed E-state index contributed by atoms with van der Waals surface area (Å²) >= 11 is 0. The number of Topliss-reactive ketones (excluding diaryl/α,β-unsaturated/α-hetero) is 1. The number of carbonyl (C=O) groups excluding carboxylic acids is 2. The molecule has 1 aliphatic rings. The molecule has 1 heterocycles. The predicted octanol–water partition coefficient (Wildman–Crippen LogP) is 3.94. The van der Waals surface area contributed by atoms with Crippen molar-refractivity contribution in [3.05, 3.63) is 64.9 Å². The Morgan fingerprint density at radius 1 is 1.23 bits per heavy atom. The Bertz CT molecular complexity index is 882. The van der Waals surface area contributed by atoms with E-state index < -0.39 is 12.1 Å². The van der Waals surface area contributed by atoms with Crippen LogP contribution in [0.2, 0.25) is 0 Å². The van der Waals surface area contributed by atoms with Gasteiger partial charge in [0.15, 0.2) is 11.9 Å². The van der Waals surface area contributed by atoms with Crippen molar-refractivity contribution < 1.29 is 23.8 Å². The molecule has 134 valence electrons. The molecule has 0 saturated carbocycles. The standard InChI is InChI=1S/C21H20O5/c1-4-24-21(23)14(3)25-16-9-10-17-18(12-16)26-19(20(17)22)11-15-8-6-5-7-13(15)2/h5-12,14H,4H2,1-3H3/b19-11-/t14-/m0/s1. The first kappa shape index (κ1) is 17.7. The van der Waals surface area contributed by atoms with Crippen LogP contribution in [0.15, 0.2) is 48.2 Å². The quantitative estimate of drug-likeness (QED) is 0.602. The molecule has 0 aliphatic carbocycles. The van der Waals surface area contributed by atoms with Crippen LogP contribution in [-0.2, 0) is 9.53 Å². The first-order valence-electron chi connectivity index (χ1n) is 8.46. The van der Waals surface area contributed by atoms with Crippen molar-refractivity contribution in [3.8, 4) is 11.5 Å². The van der Waals surface area contributed by atoms with Gasteiger partial charge >= 0.3 is 5.97 Å². The Morgan fingerprint density at radius 3 is 2.73 bits per heavy atom. The molecular formula is C21H20O5. The molecule has 5 heteroatoms. The van der Waals surface area contributed by atoms with E-state index in [9.17, 15) is 9.59 Å². The van der Waals surface area contributed by atoms with Crippen LogP contribution in [-0.4, -0.2) is 24.5 Å². The minimum Gasteiger partial charge on any atom is -0.479 e. The number of esters is 1. The molecular weight excluding hydrogens is 332 g/mol.